The number of carbonyl (C=O) groups excluding carboxylic acids is 3. The van der Waals surface area contributed by atoms with Gasteiger partial charge in [-0.1, -0.05) is 48.0 Å². The van der Waals surface area contributed by atoms with E-state index in [2.05, 4.69) is 10.6 Å². The Kier molecular flexibility index (Phi) is 7.46. The van der Waals surface area contributed by atoms with Crippen LogP contribution < -0.4 is 10.6 Å². The third-order valence-corrected chi connectivity index (χ3v) is 5.24. The Morgan fingerprint density at radius 3 is 2.60 bits per heavy atom. The lowest BCUT2D eigenvalue weighted by Crippen LogP contribution is -2.42. The molecule has 0 radical (unpaired) electrons. The first-order chi connectivity index (χ1) is 14.4. The summed E-state index contributed by atoms with van der Waals surface area (Å²) in [5, 5.41) is 6.26. The second-order valence-electron chi connectivity index (χ2n) is 7.33. The van der Waals surface area contributed by atoms with Crippen LogP contribution in [-0.4, -0.2) is 37.0 Å². The highest BCUT2D eigenvalue weighted by Gasteiger charge is 2.30. The summed E-state index contributed by atoms with van der Waals surface area (Å²) in [4.78, 5) is 35.9. The summed E-state index contributed by atoms with van der Waals surface area (Å²) < 4.78 is 5.05. The lowest BCUT2D eigenvalue weighted by Gasteiger charge is -2.20. The number of carbonyl (C=O) groups is 3. The highest BCUT2D eigenvalue weighted by molar-refractivity contribution is 6.30. The van der Waals surface area contributed by atoms with Crippen molar-refractivity contribution in [2.24, 2.45) is 5.92 Å². The third-order valence-electron chi connectivity index (χ3n) is 5.01. The summed E-state index contributed by atoms with van der Waals surface area (Å²) >= 11 is 6.07. The Bertz CT molecular complexity index is 914. The average molecular weight is 429 g/mol. The van der Waals surface area contributed by atoms with Gasteiger partial charge < -0.3 is 15.4 Å². The van der Waals surface area contributed by atoms with Crippen LogP contribution in [-0.2, 0) is 25.5 Å². The van der Waals surface area contributed by atoms with Gasteiger partial charge in [0.1, 0.15) is 0 Å². The molecule has 2 aromatic rings. The maximum Gasteiger partial charge on any atom is 0.307 e. The molecule has 6 nitrogen and oxygen atoms in total. The van der Waals surface area contributed by atoms with Crippen LogP contribution in [0.4, 0.5) is 0 Å². The van der Waals surface area contributed by atoms with E-state index in [-0.39, 0.29) is 37.2 Å². The molecule has 1 saturated heterocycles. The molecule has 1 fully saturated rings. The first kappa shape index (κ1) is 21.8. The third kappa shape index (κ3) is 6.07. The van der Waals surface area contributed by atoms with Gasteiger partial charge in [0.2, 0.25) is 11.8 Å². The van der Waals surface area contributed by atoms with Crippen LogP contribution in [0.1, 0.15) is 25.3 Å². The zero-order valence-electron chi connectivity index (χ0n) is 16.8. The maximum atomic E-state index is 12.5. The smallest absolute Gasteiger partial charge is 0.307 e. The van der Waals surface area contributed by atoms with E-state index in [0.29, 0.717) is 18.0 Å². The minimum absolute atomic E-state index is 0.0731. The predicted octanol–water partition coefficient (Wildman–Crippen LogP) is 3.12. The zero-order chi connectivity index (χ0) is 21.5. The average Bonchev–Trinajstić information content (AvgIpc) is 3.15. The molecule has 1 heterocycles. The SMILES string of the molecule is CCOC(=O)C[C@@H](Cc1ccc(-c2cccc(Cl)c2)cc1)NC(=O)C1CNC(=O)C1. The Labute approximate surface area is 180 Å². The van der Waals surface area contributed by atoms with Gasteiger partial charge in [-0.15, -0.1) is 0 Å². The highest BCUT2D eigenvalue weighted by atomic mass is 35.5. The van der Waals surface area contributed by atoms with Gasteiger partial charge in [0, 0.05) is 24.0 Å². The number of rotatable bonds is 8. The normalized spacial score (nSPS) is 16.6. The zero-order valence-corrected chi connectivity index (χ0v) is 17.6. The topological polar surface area (TPSA) is 84.5 Å². The van der Waals surface area contributed by atoms with Crippen molar-refractivity contribution in [2.45, 2.75) is 32.2 Å². The number of hydrogen-bond acceptors (Lipinski definition) is 4. The van der Waals surface area contributed by atoms with Crippen molar-refractivity contribution >= 4 is 29.4 Å². The number of amides is 2. The lowest BCUT2D eigenvalue weighted by atomic mass is 9.98. The fraction of sp³-hybridized carbons (Fsp3) is 0.348. The predicted molar refractivity (Wildman–Crippen MR) is 115 cm³/mol. The van der Waals surface area contributed by atoms with Crippen molar-refractivity contribution in [3.8, 4) is 11.1 Å². The molecule has 7 heteroatoms. The van der Waals surface area contributed by atoms with Crippen molar-refractivity contribution < 1.29 is 19.1 Å². The van der Waals surface area contributed by atoms with Gasteiger partial charge in [-0.3, -0.25) is 14.4 Å². The molecule has 2 aromatic carbocycles. The molecular weight excluding hydrogens is 404 g/mol. The van der Waals surface area contributed by atoms with Gasteiger partial charge in [-0.25, -0.2) is 0 Å². The standard InChI is InChI=1S/C23H25ClN2O4/c1-2-30-22(28)13-20(26-23(29)18-12-21(27)25-14-18)10-15-6-8-16(9-7-15)17-4-3-5-19(24)11-17/h3-9,11,18,20H,2,10,12-14H2,1H3,(H,25,27)(H,26,29)/t18?,20-/m1/s1. The second kappa shape index (κ2) is 10.3. The molecule has 1 unspecified atom stereocenters. The van der Waals surface area contributed by atoms with Gasteiger partial charge in [-0.2, -0.15) is 0 Å². The van der Waals surface area contributed by atoms with E-state index in [4.69, 9.17) is 16.3 Å². The first-order valence-corrected chi connectivity index (χ1v) is 10.4. The molecular formula is C23H25ClN2O4. The molecule has 0 spiro atoms. The summed E-state index contributed by atoms with van der Waals surface area (Å²) in [6, 6.07) is 15.1. The van der Waals surface area contributed by atoms with Crippen LogP contribution in [0, 0.1) is 5.92 Å². The Morgan fingerprint density at radius 1 is 1.20 bits per heavy atom. The first-order valence-electron chi connectivity index (χ1n) is 10.0. The molecule has 2 atom stereocenters. The van der Waals surface area contributed by atoms with Gasteiger partial charge in [0.05, 0.1) is 18.9 Å². The van der Waals surface area contributed by atoms with Crippen LogP contribution in [0.2, 0.25) is 5.02 Å². The fourth-order valence-electron chi connectivity index (χ4n) is 3.49. The van der Waals surface area contributed by atoms with E-state index in [9.17, 15) is 14.4 Å². The summed E-state index contributed by atoms with van der Waals surface area (Å²) in [6.07, 6.45) is 0.727. The van der Waals surface area contributed by atoms with Gasteiger partial charge in [0.15, 0.2) is 0 Å². The molecule has 2 amide bonds. The lowest BCUT2D eigenvalue weighted by molar-refractivity contribution is -0.143. The second-order valence-corrected chi connectivity index (χ2v) is 7.77. The molecule has 0 aromatic heterocycles. The van der Waals surface area contributed by atoms with E-state index in [0.717, 1.165) is 16.7 Å². The number of nitrogens with one attached hydrogen (secondary N) is 2. The van der Waals surface area contributed by atoms with E-state index < -0.39 is 12.0 Å². The highest BCUT2D eigenvalue weighted by Crippen LogP contribution is 2.23. The van der Waals surface area contributed by atoms with Crippen LogP contribution in [0.15, 0.2) is 48.5 Å². The Balaban J connectivity index is 1.69. The molecule has 30 heavy (non-hydrogen) atoms. The fourth-order valence-corrected chi connectivity index (χ4v) is 3.68. The molecule has 1 aliphatic rings. The molecule has 3 rings (SSSR count). The Morgan fingerprint density at radius 2 is 1.97 bits per heavy atom. The molecule has 2 N–H and O–H groups in total. The van der Waals surface area contributed by atoms with E-state index in [1.807, 2.05) is 48.5 Å². The van der Waals surface area contributed by atoms with Crippen LogP contribution >= 0.6 is 11.6 Å². The largest absolute Gasteiger partial charge is 0.466 e. The van der Waals surface area contributed by atoms with Gasteiger partial charge in [0.25, 0.3) is 0 Å². The minimum atomic E-state index is -0.413. The van der Waals surface area contributed by atoms with Crippen molar-refractivity contribution in [3.63, 3.8) is 0 Å². The van der Waals surface area contributed by atoms with E-state index >= 15 is 0 Å². The number of halogens is 1. The van der Waals surface area contributed by atoms with Crippen LogP contribution in [0.25, 0.3) is 11.1 Å². The number of benzene rings is 2. The number of hydrogen-bond donors (Lipinski definition) is 2. The molecule has 158 valence electrons. The van der Waals surface area contributed by atoms with Crippen molar-refractivity contribution in [1.29, 1.82) is 0 Å². The quantitative estimate of drug-likeness (QED) is 0.632. The van der Waals surface area contributed by atoms with Crippen LogP contribution in [0.3, 0.4) is 0 Å². The Hall–Kier alpha value is -2.86. The molecule has 0 bridgehead atoms. The van der Waals surface area contributed by atoms with Crippen molar-refractivity contribution in [2.75, 3.05) is 13.2 Å². The van der Waals surface area contributed by atoms with Crippen molar-refractivity contribution in [3.05, 3.63) is 59.1 Å². The molecule has 1 aliphatic heterocycles. The number of esters is 1. The summed E-state index contributed by atoms with van der Waals surface area (Å²) in [5.41, 5.74) is 3.03. The summed E-state index contributed by atoms with van der Waals surface area (Å²) in [7, 11) is 0. The summed E-state index contributed by atoms with van der Waals surface area (Å²) in [6.45, 7) is 2.36. The maximum absolute atomic E-state index is 12.5. The van der Waals surface area contributed by atoms with Gasteiger partial charge in [-0.05, 0) is 42.2 Å². The van der Waals surface area contributed by atoms with Crippen molar-refractivity contribution in [1.82, 2.24) is 10.6 Å². The van der Waals surface area contributed by atoms with E-state index in [1.165, 1.54) is 0 Å². The van der Waals surface area contributed by atoms with Crippen LogP contribution in [0.5, 0.6) is 0 Å². The number of ether oxygens (including phenoxy) is 1. The van der Waals surface area contributed by atoms with E-state index in [1.54, 1.807) is 6.92 Å². The molecule has 0 saturated carbocycles. The minimum Gasteiger partial charge on any atom is -0.466 e. The monoisotopic (exact) mass is 428 g/mol. The summed E-state index contributed by atoms with van der Waals surface area (Å²) in [5.74, 6) is -1.13. The molecule has 0 aliphatic carbocycles. The van der Waals surface area contributed by atoms with Gasteiger partial charge >= 0.3 is 5.97 Å².